The first kappa shape index (κ1) is 10.7. The van der Waals surface area contributed by atoms with Crippen molar-refractivity contribution in [1.82, 2.24) is 14.8 Å². The van der Waals surface area contributed by atoms with E-state index in [1.54, 1.807) is 18.0 Å². The number of hydrogen-bond donors (Lipinski definition) is 0. The topological polar surface area (TPSA) is 39.9 Å². The standard InChI is InChI=1S/C12H15N3O/c1-8-5-6-10(3)14-11(8)15-12(16-4)9(2)7-13-15/h5-7H,1-4H3. The van der Waals surface area contributed by atoms with Crippen LogP contribution in [-0.4, -0.2) is 21.9 Å². The molecule has 0 aliphatic heterocycles. The summed E-state index contributed by atoms with van der Waals surface area (Å²) in [5.74, 6) is 1.56. The number of ether oxygens (including phenoxy) is 1. The van der Waals surface area contributed by atoms with Gasteiger partial charge < -0.3 is 4.74 Å². The van der Waals surface area contributed by atoms with Crippen LogP contribution in [0.15, 0.2) is 18.3 Å². The fraction of sp³-hybridized carbons (Fsp3) is 0.333. The summed E-state index contributed by atoms with van der Waals surface area (Å²) in [5.41, 5.74) is 3.05. The van der Waals surface area contributed by atoms with Crippen molar-refractivity contribution in [2.75, 3.05) is 7.11 Å². The van der Waals surface area contributed by atoms with Crippen molar-refractivity contribution in [2.24, 2.45) is 0 Å². The molecule has 0 aliphatic carbocycles. The summed E-state index contributed by atoms with van der Waals surface area (Å²) in [7, 11) is 1.64. The van der Waals surface area contributed by atoms with Crippen LogP contribution in [-0.2, 0) is 0 Å². The zero-order valence-electron chi connectivity index (χ0n) is 9.98. The molecule has 0 bridgehead atoms. The Morgan fingerprint density at radius 2 is 1.88 bits per heavy atom. The lowest BCUT2D eigenvalue weighted by atomic mass is 10.2. The van der Waals surface area contributed by atoms with E-state index in [1.807, 2.05) is 32.9 Å². The van der Waals surface area contributed by atoms with Crippen LogP contribution in [0, 0.1) is 20.8 Å². The summed E-state index contributed by atoms with van der Waals surface area (Å²) in [5, 5.41) is 4.29. The van der Waals surface area contributed by atoms with Gasteiger partial charge in [0.1, 0.15) is 0 Å². The molecule has 0 radical (unpaired) electrons. The number of aromatic nitrogens is 3. The molecule has 0 aliphatic rings. The number of rotatable bonds is 2. The molecule has 2 rings (SSSR count). The summed E-state index contributed by atoms with van der Waals surface area (Å²) in [4.78, 5) is 4.49. The van der Waals surface area contributed by atoms with Gasteiger partial charge in [-0.1, -0.05) is 6.07 Å². The Morgan fingerprint density at radius 3 is 2.56 bits per heavy atom. The highest BCUT2D eigenvalue weighted by Crippen LogP contribution is 2.22. The van der Waals surface area contributed by atoms with Gasteiger partial charge in [0.05, 0.1) is 13.3 Å². The maximum atomic E-state index is 5.33. The summed E-state index contributed by atoms with van der Waals surface area (Å²) >= 11 is 0. The monoisotopic (exact) mass is 217 g/mol. The van der Waals surface area contributed by atoms with Crippen LogP contribution in [0.3, 0.4) is 0 Å². The van der Waals surface area contributed by atoms with Gasteiger partial charge in [0.25, 0.3) is 0 Å². The normalized spacial score (nSPS) is 10.5. The van der Waals surface area contributed by atoms with Crippen LogP contribution in [0.1, 0.15) is 16.8 Å². The number of hydrogen-bond acceptors (Lipinski definition) is 3. The van der Waals surface area contributed by atoms with Gasteiger partial charge in [0, 0.05) is 11.3 Å². The Balaban J connectivity index is 2.62. The highest BCUT2D eigenvalue weighted by molar-refractivity contribution is 5.39. The average Bonchev–Trinajstić information content (AvgIpc) is 2.63. The quantitative estimate of drug-likeness (QED) is 0.774. The van der Waals surface area contributed by atoms with Gasteiger partial charge in [-0.25, -0.2) is 4.98 Å². The molecule has 0 saturated carbocycles. The summed E-state index contributed by atoms with van der Waals surface area (Å²) < 4.78 is 7.06. The number of aryl methyl sites for hydroxylation is 3. The maximum absolute atomic E-state index is 5.33. The van der Waals surface area contributed by atoms with Gasteiger partial charge >= 0.3 is 0 Å². The number of methoxy groups -OCH3 is 1. The third kappa shape index (κ3) is 1.66. The summed E-state index contributed by atoms with van der Waals surface area (Å²) in [6, 6.07) is 4.02. The first-order chi connectivity index (χ1) is 7.63. The van der Waals surface area contributed by atoms with E-state index < -0.39 is 0 Å². The molecule has 0 N–H and O–H groups in total. The Labute approximate surface area is 94.9 Å². The van der Waals surface area contributed by atoms with Crippen molar-refractivity contribution < 1.29 is 4.74 Å². The van der Waals surface area contributed by atoms with E-state index in [2.05, 4.69) is 10.1 Å². The van der Waals surface area contributed by atoms with Crippen LogP contribution in [0.2, 0.25) is 0 Å². The molecule has 0 unspecified atom stereocenters. The second-order valence-electron chi connectivity index (χ2n) is 3.84. The van der Waals surface area contributed by atoms with Crippen LogP contribution >= 0.6 is 0 Å². The van der Waals surface area contributed by atoms with E-state index in [4.69, 9.17) is 4.74 Å². The Kier molecular flexibility index (Phi) is 2.64. The van der Waals surface area contributed by atoms with E-state index in [0.717, 1.165) is 28.5 Å². The molecular formula is C12H15N3O. The third-order valence-electron chi connectivity index (χ3n) is 2.50. The third-order valence-corrected chi connectivity index (χ3v) is 2.50. The van der Waals surface area contributed by atoms with Crippen LogP contribution in [0.25, 0.3) is 5.82 Å². The van der Waals surface area contributed by atoms with Gasteiger partial charge in [-0.3, -0.25) is 0 Å². The second kappa shape index (κ2) is 3.96. The Hall–Kier alpha value is -1.84. The summed E-state index contributed by atoms with van der Waals surface area (Å²) in [6.45, 7) is 5.94. The molecule has 84 valence electrons. The molecular weight excluding hydrogens is 202 g/mol. The van der Waals surface area contributed by atoms with Crippen molar-refractivity contribution in [2.45, 2.75) is 20.8 Å². The maximum Gasteiger partial charge on any atom is 0.220 e. The average molecular weight is 217 g/mol. The summed E-state index contributed by atoms with van der Waals surface area (Å²) in [6.07, 6.45) is 1.78. The molecule has 0 aromatic carbocycles. The highest BCUT2D eigenvalue weighted by atomic mass is 16.5. The molecule has 0 amide bonds. The minimum absolute atomic E-state index is 0.737. The van der Waals surface area contributed by atoms with Crippen molar-refractivity contribution >= 4 is 0 Å². The lowest BCUT2D eigenvalue weighted by Gasteiger charge is -2.09. The lowest BCUT2D eigenvalue weighted by molar-refractivity contribution is 0.379. The van der Waals surface area contributed by atoms with Crippen LogP contribution < -0.4 is 4.74 Å². The van der Waals surface area contributed by atoms with E-state index >= 15 is 0 Å². The molecule has 2 heterocycles. The Morgan fingerprint density at radius 1 is 1.12 bits per heavy atom. The van der Waals surface area contributed by atoms with Crippen LogP contribution in [0.5, 0.6) is 5.88 Å². The molecule has 16 heavy (non-hydrogen) atoms. The first-order valence-corrected chi connectivity index (χ1v) is 5.16. The van der Waals surface area contributed by atoms with Gasteiger partial charge in [-0.2, -0.15) is 9.78 Å². The number of nitrogens with zero attached hydrogens (tertiary/aromatic N) is 3. The fourth-order valence-corrected chi connectivity index (χ4v) is 1.64. The highest BCUT2D eigenvalue weighted by Gasteiger charge is 2.12. The minimum Gasteiger partial charge on any atom is -0.481 e. The first-order valence-electron chi connectivity index (χ1n) is 5.16. The second-order valence-corrected chi connectivity index (χ2v) is 3.84. The van der Waals surface area contributed by atoms with Gasteiger partial charge in [-0.05, 0) is 32.4 Å². The predicted molar refractivity (Wildman–Crippen MR) is 62.1 cm³/mol. The molecule has 2 aromatic heterocycles. The molecule has 0 atom stereocenters. The van der Waals surface area contributed by atoms with Crippen molar-refractivity contribution in [3.8, 4) is 11.7 Å². The molecule has 4 heteroatoms. The van der Waals surface area contributed by atoms with Crippen LogP contribution in [0.4, 0.5) is 0 Å². The molecule has 4 nitrogen and oxygen atoms in total. The zero-order valence-corrected chi connectivity index (χ0v) is 9.98. The lowest BCUT2D eigenvalue weighted by Crippen LogP contribution is -2.05. The predicted octanol–water partition coefficient (Wildman–Crippen LogP) is 2.20. The van der Waals surface area contributed by atoms with E-state index in [1.165, 1.54) is 0 Å². The van der Waals surface area contributed by atoms with E-state index in [0.29, 0.717) is 0 Å². The number of pyridine rings is 1. The SMILES string of the molecule is COc1c(C)cnn1-c1nc(C)ccc1C. The molecule has 0 spiro atoms. The van der Waals surface area contributed by atoms with Crippen molar-refractivity contribution in [1.29, 1.82) is 0 Å². The molecule has 0 fully saturated rings. The minimum atomic E-state index is 0.737. The molecule has 2 aromatic rings. The van der Waals surface area contributed by atoms with E-state index in [-0.39, 0.29) is 0 Å². The van der Waals surface area contributed by atoms with Gasteiger partial charge in [0.2, 0.25) is 5.88 Å². The largest absolute Gasteiger partial charge is 0.481 e. The fourth-order valence-electron chi connectivity index (χ4n) is 1.64. The Bertz CT molecular complexity index is 517. The van der Waals surface area contributed by atoms with Gasteiger partial charge in [0.15, 0.2) is 5.82 Å². The molecule has 0 saturated heterocycles. The van der Waals surface area contributed by atoms with Crippen molar-refractivity contribution in [3.05, 3.63) is 35.2 Å². The van der Waals surface area contributed by atoms with E-state index in [9.17, 15) is 0 Å². The zero-order chi connectivity index (χ0) is 11.7. The van der Waals surface area contributed by atoms with Gasteiger partial charge in [-0.15, -0.1) is 0 Å². The van der Waals surface area contributed by atoms with Crippen molar-refractivity contribution in [3.63, 3.8) is 0 Å². The smallest absolute Gasteiger partial charge is 0.220 e.